The SMILES string of the molecule is CCCC(C)c1noc(N)c1-c1cccc(OC)c1. The third-order valence-corrected chi connectivity index (χ3v) is 3.29. The molecule has 0 spiro atoms. The van der Waals surface area contributed by atoms with Gasteiger partial charge in [0.25, 0.3) is 0 Å². The maximum atomic E-state index is 5.93. The van der Waals surface area contributed by atoms with Crippen LogP contribution in [0.1, 0.15) is 38.3 Å². The number of rotatable bonds is 5. The zero-order chi connectivity index (χ0) is 13.8. The average Bonchev–Trinajstić information content (AvgIpc) is 2.81. The first kappa shape index (κ1) is 13.5. The first-order chi connectivity index (χ1) is 9.17. The highest BCUT2D eigenvalue weighted by molar-refractivity contribution is 5.76. The molecule has 2 N–H and O–H groups in total. The number of aromatic nitrogens is 1. The van der Waals surface area contributed by atoms with Gasteiger partial charge in [0.1, 0.15) is 5.75 Å². The predicted octanol–water partition coefficient (Wildman–Crippen LogP) is 3.84. The van der Waals surface area contributed by atoms with E-state index in [1.54, 1.807) is 7.11 Å². The summed E-state index contributed by atoms with van der Waals surface area (Å²) in [7, 11) is 1.65. The Bertz CT molecular complexity index is 549. The second kappa shape index (κ2) is 5.78. The Morgan fingerprint density at radius 3 is 2.89 bits per heavy atom. The summed E-state index contributed by atoms with van der Waals surface area (Å²) in [6, 6.07) is 7.79. The molecule has 102 valence electrons. The number of nitrogen functional groups attached to an aromatic ring is 1. The van der Waals surface area contributed by atoms with Crippen LogP contribution in [-0.2, 0) is 0 Å². The molecule has 1 atom stereocenters. The van der Waals surface area contributed by atoms with Gasteiger partial charge in [0.05, 0.1) is 18.4 Å². The van der Waals surface area contributed by atoms with Crippen molar-refractivity contribution in [2.24, 2.45) is 0 Å². The zero-order valence-corrected chi connectivity index (χ0v) is 11.6. The molecule has 1 aromatic heterocycles. The van der Waals surface area contributed by atoms with E-state index < -0.39 is 0 Å². The van der Waals surface area contributed by atoms with Crippen molar-refractivity contribution in [3.63, 3.8) is 0 Å². The summed E-state index contributed by atoms with van der Waals surface area (Å²) >= 11 is 0. The van der Waals surface area contributed by atoms with Gasteiger partial charge in [-0.25, -0.2) is 0 Å². The van der Waals surface area contributed by atoms with Crippen molar-refractivity contribution < 1.29 is 9.26 Å². The fourth-order valence-electron chi connectivity index (χ4n) is 2.29. The van der Waals surface area contributed by atoms with Gasteiger partial charge in [-0.1, -0.05) is 37.6 Å². The Hall–Kier alpha value is -1.97. The lowest BCUT2D eigenvalue weighted by molar-refractivity contribution is 0.415. The van der Waals surface area contributed by atoms with Crippen LogP contribution in [0.15, 0.2) is 28.8 Å². The lowest BCUT2D eigenvalue weighted by Crippen LogP contribution is -1.97. The molecule has 0 bridgehead atoms. The van der Waals surface area contributed by atoms with Gasteiger partial charge in [0.15, 0.2) is 0 Å². The van der Waals surface area contributed by atoms with Crippen LogP contribution >= 0.6 is 0 Å². The molecule has 1 heterocycles. The van der Waals surface area contributed by atoms with E-state index in [1.165, 1.54) is 0 Å². The van der Waals surface area contributed by atoms with Crippen LogP contribution in [0.2, 0.25) is 0 Å². The molecular weight excluding hydrogens is 240 g/mol. The Balaban J connectivity index is 2.45. The van der Waals surface area contributed by atoms with E-state index in [0.717, 1.165) is 35.4 Å². The van der Waals surface area contributed by atoms with Crippen molar-refractivity contribution in [2.75, 3.05) is 12.8 Å². The van der Waals surface area contributed by atoms with Crippen LogP contribution in [0.3, 0.4) is 0 Å². The smallest absolute Gasteiger partial charge is 0.230 e. The first-order valence-electron chi connectivity index (χ1n) is 6.56. The number of hydrogen-bond acceptors (Lipinski definition) is 4. The maximum Gasteiger partial charge on any atom is 0.230 e. The molecule has 0 amide bonds. The van der Waals surface area contributed by atoms with Crippen molar-refractivity contribution in [1.29, 1.82) is 0 Å². The molecule has 0 saturated heterocycles. The van der Waals surface area contributed by atoms with Crippen LogP contribution in [0.25, 0.3) is 11.1 Å². The van der Waals surface area contributed by atoms with E-state index in [4.69, 9.17) is 15.0 Å². The predicted molar refractivity (Wildman–Crippen MR) is 76.2 cm³/mol. The third-order valence-electron chi connectivity index (χ3n) is 3.29. The molecule has 0 radical (unpaired) electrons. The van der Waals surface area contributed by atoms with Gasteiger partial charge in [0.2, 0.25) is 5.88 Å². The number of nitrogens with zero attached hydrogens (tertiary/aromatic N) is 1. The molecule has 1 aromatic carbocycles. The van der Waals surface area contributed by atoms with Crippen LogP contribution < -0.4 is 10.5 Å². The quantitative estimate of drug-likeness (QED) is 0.887. The fraction of sp³-hybridized carbons (Fsp3) is 0.400. The molecular formula is C15H20N2O2. The molecule has 1 unspecified atom stereocenters. The molecule has 4 heteroatoms. The van der Waals surface area contributed by atoms with Crippen LogP contribution in [0.5, 0.6) is 5.75 Å². The monoisotopic (exact) mass is 260 g/mol. The van der Waals surface area contributed by atoms with Crippen molar-refractivity contribution in [3.8, 4) is 16.9 Å². The molecule has 2 rings (SSSR count). The van der Waals surface area contributed by atoms with Gasteiger partial charge in [-0.3, -0.25) is 0 Å². The molecule has 19 heavy (non-hydrogen) atoms. The maximum absolute atomic E-state index is 5.93. The minimum atomic E-state index is 0.326. The number of hydrogen-bond donors (Lipinski definition) is 1. The second-order valence-electron chi connectivity index (χ2n) is 4.73. The Labute approximate surface area is 113 Å². The van der Waals surface area contributed by atoms with Gasteiger partial charge >= 0.3 is 0 Å². The van der Waals surface area contributed by atoms with E-state index in [9.17, 15) is 0 Å². The first-order valence-corrected chi connectivity index (χ1v) is 6.56. The summed E-state index contributed by atoms with van der Waals surface area (Å²) < 4.78 is 10.4. The zero-order valence-electron chi connectivity index (χ0n) is 11.6. The van der Waals surface area contributed by atoms with Crippen molar-refractivity contribution >= 4 is 5.88 Å². The minimum Gasteiger partial charge on any atom is -0.497 e. The Morgan fingerprint density at radius 1 is 1.42 bits per heavy atom. The topological polar surface area (TPSA) is 61.3 Å². The minimum absolute atomic E-state index is 0.326. The largest absolute Gasteiger partial charge is 0.497 e. The molecule has 0 aliphatic heterocycles. The summed E-state index contributed by atoms with van der Waals surface area (Å²) in [6.45, 7) is 4.30. The van der Waals surface area contributed by atoms with E-state index in [1.807, 2.05) is 24.3 Å². The molecule has 4 nitrogen and oxygen atoms in total. The standard InChI is InChI=1S/C15H20N2O2/c1-4-6-10(2)14-13(15(16)19-17-14)11-7-5-8-12(9-11)18-3/h5,7-10H,4,6,16H2,1-3H3. The fourth-order valence-corrected chi connectivity index (χ4v) is 2.29. The molecule has 0 saturated carbocycles. The van der Waals surface area contributed by atoms with E-state index in [0.29, 0.717) is 11.8 Å². The number of benzene rings is 1. The summed E-state index contributed by atoms with van der Waals surface area (Å²) in [4.78, 5) is 0. The van der Waals surface area contributed by atoms with E-state index in [2.05, 4.69) is 19.0 Å². The molecule has 2 aromatic rings. The number of nitrogens with two attached hydrogens (primary N) is 1. The highest BCUT2D eigenvalue weighted by Gasteiger charge is 2.20. The van der Waals surface area contributed by atoms with Crippen LogP contribution in [-0.4, -0.2) is 12.3 Å². The lowest BCUT2D eigenvalue weighted by Gasteiger charge is -2.10. The van der Waals surface area contributed by atoms with Gasteiger partial charge in [-0.15, -0.1) is 0 Å². The molecule has 0 aliphatic carbocycles. The summed E-state index contributed by atoms with van der Waals surface area (Å²) in [5, 5.41) is 4.13. The van der Waals surface area contributed by atoms with Gasteiger partial charge in [0, 0.05) is 5.92 Å². The number of anilines is 1. The normalized spacial score (nSPS) is 12.4. The van der Waals surface area contributed by atoms with Crippen molar-refractivity contribution in [1.82, 2.24) is 5.16 Å². The van der Waals surface area contributed by atoms with Crippen LogP contribution in [0.4, 0.5) is 5.88 Å². The summed E-state index contributed by atoms with van der Waals surface area (Å²) in [6.07, 6.45) is 2.16. The number of ether oxygens (including phenoxy) is 1. The van der Waals surface area contributed by atoms with Gasteiger partial charge in [-0.05, 0) is 24.1 Å². The van der Waals surface area contributed by atoms with E-state index >= 15 is 0 Å². The summed E-state index contributed by atoms with van der Waals surface area (Å²) in [5.41, 5.74) is 8.72. The van der Waals surface area contributed by atoms with E-state index in [-0.39, 0.29) is 0 Å². The van der Waals surface area contributed by atoms with Gasteiger partial charge in [-0.2, -0.15) is 0 Å². The average molecular weight is 260 g/mol. The second-order valence-corrected chi connectivity index (χ2v) is 4.73. The lowest BCUT2D eigenvalue weighted by atomic mass is 9.95. The highest BCUT2D eigenvalue weighted by atomic mass is 16.5. The van der Waals surface area contributed by atoms with Crippen molar-refractivity contribution in [3.05, 3.63) is 30.0 Å². The van der Waals surface area contributed by atoms with Crippen molar-refractivity contribution in [2.45, 2.75) is 32.6 Å². The summed E-state index contributed by atoms with van der Waals surface area (Å²) in [5.74, 6) is 1.49. The number of methoxy groups -OCH3 is 1. The van der Waals surface area contributed by atoms with Gasteiger partial charge < -0.3 is 15.0 Å². The van der Waals surface area contributed by atoms with Crippen LogP contribution in [0, 0.1) is 0 Å². The molecule has 0 aliphatic rings. The highest BCUT2D eigenvalue weighted by Crippen LogP contribution is 2.36. The third kappa shape index (κ3) is 2.72. The Kier molecular flexibility index (Phi) is 4.10. The molecule has 0 fully saturated rings. The Morgan fingerprint density at radius 2 is 2.21 bits per heavy atom.